The Morgan fingerprint density at radius 3 is 2.77 bits per heavy atom. The van der Waals surface area contributed by atoms with E-state index in [2.05, 4.69) is 32.3 Å². The second kappa shape index (κ2) is 7.29. The molecule has 1 saturated heterocycles. The largest absolute Gasteiger partial charge is 0.497 e. The first-order chi connectivity index (χ1) is 12.7. The monoisotopic (exact) mass is 353 g/mol. The minimum Gasteiger partial charge on any atom is -0.497 e. The Balaban J connectivity index is 1.47. The van der Waals surface area contributed by atoms with E-state index in [0.717, 1.165) is 49.7 Å². The summed E-state index contributed by atoms with van der Waals surface area (Å²) in [6, 6.07) is 8.08. The number of nitrogens with zero attached hydrogens (tertiary/aromatic N) is 5. The first-order valence-electron chi connectivity index (χ1n) is 8.92. The molecular weight excluding hydrogens is 330 g/mol. The fraction of sp³-hybridized carbons (Fsp3) is 0.421. The highest BCUT2D eigenvalue weighted by molar-refractivity contribution is 5.45. The topological polar surface area (TPSA) is 69.2 Å². The van der Waals surface area contributed by atoms with Crippen molar-refractivity contribution in [2.75, 3.05) is 20.2 Å². The fourth-order valence-corrected chi connectivity index (χ4v) is 3.52. The van der Waals surface area contributed by atoms with Crippen molar-refractivity contribution in [3.05, 3.63) is 53.9 Å². The summed E-state index contributed by atoms with van der Waals surface area (Å²) in [5.74, 6) is 2.75. The van der Waals surface area contributed by atoms with Crippen LogP contribution in [0.5, 0.6) is 5.75 Å². The van der Waals surface area contributed by atoms with Gasteiger partial charge in [0.1, 0.15) is 5.75 Å². The Bertz CT molecular complexity index is 851. The molecule has 7 nitrogen and oxygen atoms in total. The summed E-state index contributed by atoms with van der Waals surface area (Å²) >= 11 is 0. The highest BCUT2D eigenvalue weighted by Gasteiger charge is 2.24. The normalized spacial score (nSPS) is 16.1. The molecule has 4 rings (SSSR count). The number of piperidine rings is 1. The van der Waals surface area contributed by atoms with Crippen molar-refractivity contribution >= 4 is 0 Å². The minimum absolute atomic E-state index is 0.389. The second-order valence-corrected chi connectivity index (χ2v) is 6.67. The van der Waals surface area contributed by atoms with Gasteiger partial charge in [-0.05, 0) is 55.8 Å². The number of likely N-dealkylation sites (tertiary alicyclic amines) is 1. The van der Waals surface area contributed by atoms with Crippen molar-refractivity contribution in [2.45, 2.75) is 32.2 Å². The molecular formula is C19H23N5O2. The SMILES string of the molecule is COc1ccc(-n2cccn2)c(CN2CCC(c3noc(C)n3)CC2)c1. The number of hydrogen-bond acceptors (Lipinski definition) is 6. The van der Waals surface area contributed by atoms with Crippen molar-refractivity contribution in [3.8, 4) is 11.4 Å². The molecule has 1 aromatic carbocycles. The van der Waals surface area contributed by atoms with Gasteiger partial charge in [-0.2, -0.15) is 10.1 Å². The summed E-state index contributed by atoms with van der Waals surface area (Å²) in [6.07, 6.45) is 5.85. The van der Waals surface area contributed by atoms with Crippen LogP contribution >= 0.6 is 0 Å². The molecule has 2 aromatic heterocycles. The van der Waals surface area contributed by atoms with Crippen molar-refractivity contribution in [1.82, 2.24) is 24.8 Å². The van der Waals surface area contributed by atoms with Crippen LogP contribution in [0.25, 0.3) is 5.69 Å². The lowest BCUT2D eigenvalue weighted by Crippen LogP contribution is -2.33. The third kappa shape index (κ3) is 3.48. The van der Waals surface area contributed by atoms with Crippen molar-refractivity contribution in [2.24, 2.45) is 0 Å². The van der Waals surface area contributed by atoms with Gasteiger partial charge in [0.15, 0.2) is 5.82 Å². The maximum absolute atomic E-state index is 5.42. The van der Waals surface area contributed by atoms with Gasteiger partial charge in [-0.1, -0.05) is 5.16 Å². The summed E-state index contributed by atoms with van der Waals surface area (Å²) in [7, 11) is 1.70. The fourth-order valence-electron chi connectivity index (χ4n) is 3.52. The van der Waals surface area contributed by atoms with E-state index in [1.807, 2.05) is 29.9 Å². The van der Waals surface area contributed by atoms with Crippen molar-refractivity contribution in [1.29, 1.82) is 0 Å². The summed E-state index contributed by atoms with van der Waals surface area (Å²) in [4.78, 5) is 6.85. The van der Waals surface area contributed by atoms with Crippen LogP contribution in [0.3, 0.4) is 0 Å². The number of rotatable bonds is 5. The summed E-state index contributed by atoms with van der Waals surface area (Å²) in [5, 5.41) is 8.47. The zero-order valence-corrected chi connectivity index (χ0v) is 15.1. The lowest BCUT2D eigenvalue weighted by Gasteiger charge is -2.31. The Morgan fingerprint density at radius 1 is 1.27 bits per heavy atom. The van der Waals surface area contributed by atoms with Crippen LogP contribution < -0.4 is 4.74 Å². The first kappa shape index (κ1) is 16.8. The number of methoxy groups -OCH3 is 1. The molecule has 136 valence electrons. The van der Waals surface area contributed by atoms with Crippen LogP contribution in [0.4, 0.5) is 0 Å². The van der Waals surface area contributed by atoms with E-state index in [0.29, 0.717) is 11.8 Å². The smallest absolute Gasteiger partial charge is 0.223 e. The van der Waals surface area contributed by atoms with Gasteiger partial charge in [0.05, 0.1) is 12.8 Å². The molecule has 0 saturated carbocycles. The van der Waals surface area contributed by atoms with E-state index < -0.39 is 0 Å². The standard InChI is InChI=1S/C19H23N5O2/c1-14-21-19(22-26-14)15-6-10-23(11-7-15)13-16-12-17(25-2)4-5-18(16)24-9-3-8-20-24/h3-5,8-9,12,15H,6-7,10-11,13H2,1-2H3. The van der Waals surface area contributed by atoms with Crippen LogP contribution in [-0.4, -0.2) is 45.0 Å². The molecule has 0 amide bonds. The molecule has 0 spiro atoms. The van der Waals surface area contributed by atoms with Crippen molar-refractivity contribution in [3.63, 3.8) is 0 Å². The molecule has 1 aliphatic heterocycles. The highest BCUT2D eigenvalue weighted by atomic mass is 16.5. The van der Waals surface area contributed by atoms with E-state index in [-0.39, 0.29) is 0 Å². The summed E-state index contributed by atoms with van der Waals surface area (Å²) in [5.41, 5.74) is 2.30. The van der Waals surface area contributed by atoms with Crippen LogP contribution in [0.2, 0.25) is 0 Å². The molecule has 1 aliphatic rings. The Morgan fingerprint density at radius 2 is 2.12 bits per heavy atom. The maximum atomic E-state index is 5.42. The first-order valence-corrected chi connectivity index (χ1v) is 8.92. The predicted molar refractivity (Wildman–Crippen MR) is 96.4 cm³/mol. The van der Waals surface area contributed by atoms with E-state index in [1.165, 1.54) is 5.56 Å². The summed E-state index contributed by atoms with van der Waals surface area (Å²) < 4.78 is 12.4. The van der Waals surface area contributed by atoms with Gasteiger partial charge in [0.25, 0.3) is 0 Å². The molecule has 1 fully saturated rings. The average molecular weight is 353 g/mol. The Labute approximate surface area is 152 Å². The van der Waals surface area contributed by atoms with Gasteiger partial charge in [-0.3, -0.25) is 4.90 Å². The zero-order chi connectivity index (χ0) is 17.9. The van der Waals surface area contributed by atoms with E-state index >= 15 is 0 Å². The molecule has 0 radical (unpaired) electrons. The van der Waals surface area contributed by atoms with Gasteiger partial charge >= 0.3 is 0 Å². The molecule has 0 bridgehead atoms. The molecule has 3 heterocycles. The zero-order valence-electron chi connectivity index (χ0n) is 15.1. The average Bonchev–Trinajstić information content (AvgIpc) is 3.34. The number of ether oxygens (including phenoxy) is 1. The molecule has 3 aromatic rings. The van der Waals surface area contributed by atoms with Gasteiger partial charge in [-0.25, -0.2) is 4.68 Å². The molecule has 0 unspecified atom stereocenters. The van der Waals surface area contributed by atoms with Gasteiger partial charge in [0.2, 0.25) is 5.89 Å². The van der Waals surface area contributed by atoms with Gasteiger partial charge in [-0.15, -0.1) is 0 Å². The third-order valence-corrected chi connectivity index (χ3v) is 4.93. The highest BCUT2D eigenvalue weighted by Crippen LogP contribution is 2.28. The van der Waals surface area contributed by atoms with Gasteiger partial charge < -0.3 is 9.26 Å². The lowest BCUT2D eigenvalue weighted by atomic mass is 9.95. The number of benzene rings is 1. The number of aryl methyl sites for hydroxylation is 1. The molecule has 0 aliphatic carbocycles. The van der Waals surface area contributed by atoms with E-state index in [9.17, 15) is 0 Å². The quantitative estimate of drug-likeness (QED) is 0.702. The van der Waals surface area contributed by atoms with Crippen LogP contribution in [0.1, 0.15) is 36.0 Å². The van der Waals surface area contributed by atoms with Gasteiger partial charge in [0, 0.05) is 31.8 Å². The molecule has 0 atom stereocenters. The van der Waals surface area contributed by atoms with Crippen LogP contribution in [-0.2, 0) is 6.54 Å². The minimum atomic E-state index is 0.389. The Hall–Kier alpha value is -2.67. The maximum Gasteiger partial charge on any atom is 0.223 e. The Kier molecular flexibility index (Phi) is 4.71. The molecule has 7 heteroatoms. The number of hydrogen-bond donors (Lipinski definition) is 0. The van der Waals surface area contributed by atoms with Crippen LogP contribution in [0, 0.1) is 6.92 Å². The van der Waals surface area contributed by atoms with Crippen molar-refractivity contribution < 1.29 is 9.26 Å². The third-order valence-electron chi connectivity index (χ3n) is 4.93. The molecule has 26 heavy (non-hydrogen) atoms. The summed E-state index contributed by atoms with van der Waals surface area (Å²) in [6.45, 7) is 4.72. The van der Waals surface area contributed by atoms with E-state index in [4.69, 9.17) is 9.26 Å². The number of aromatic nitrogens is 4. The lowest BCUT2D eigenvalue weighted by molar-refractivity contribution is 0.200. The molecule has 0 N–H and O–H groups in total. The second-order valence-electron chi connectivity index (χ2n) is 6.67. The predicted octanol–water partition coefficient (Wildman–Crippen LogP) is 2.95. The van der Waals surface area contributed by atoms with E-state index in [1.54, 1.807) is 13.3 Å². The van der Waals surface area contributed by atoms with Crippen LogP contribution in [0.15, 0.2) is 41.2 Å².